The first-order valence-corrected chi connectivity index (χ1v) is 7.77. The number of ether oxygens (including phenoxy) is 1. The van der Waals surface area contributed by atoms with Crippen molar-refractivity contribution in [3.05, 3.63) is 65.7 Å². The molecule has 0 aliphatic carbocycles. The molecular weight excluding hydrogens is 349 g/mol. The molecule has 0 saturated heterocycles. The van der Waals surface area contributed by atoms with E-state index >= 15 is 0 Å². The first-order chi connectivity index (χ1) is 12.3. The fourth-order valence-corrected chi connectivity index (χ4v) is 2.18. The molecule has 1 atom stereocenters. The molecule has 2 N–H and O–H groups in total. The predicted octanol–water partition coefficient (Wildman–Crippen LogP) is 4.07. The molecule has 0 fully saturated rings. The molecule has 0 unspecified atom stereocenters. The van der Waals surface area contributed by atoms with E-state index in [4.69, 9.17) is 4.74 Å². The summed E-state index contributed by atoms with van der Waals surface area (Å²) in [4.78, 5) is 24.3. The summed E-state index contributed by atoms with van der Waals surface area (Å²) in [5.41, 5.74) is -0.552. The number of anilines is 1. The molecule has 0 heterocycles. The van der Waals surface area contributed by atoms with Crippen molar-refractivity contribution in [1.82, 2.24) is 5.32 Å². The summed E-state index contributed by atoms with van der Waals surface area (Å²) in [7, 11) is 0. The SMILES string of the molecule is CCOC(=O)N[C@@H](Nc1cccc(C(F)(F)F)c1)C(=O)c1ccccc1. The molecule has 0 radical (unpaired) electrons. The Hall–Kier alpha value is -3.03. The third-order valence-electron chi connectivity index (χ3n) is 3.36. The van der Waals surface area contributed by atoms with Crippen LogP contribution in [0.3, 0.4) is 0 Å². The quantitative estimate of drug-likeness (QED) is 0.597. The van der Waals surface area contributed by atoms with Gasteiger partial charge in [-0.2, -0.15) is 13.2 Å². The number of alkyl halides is 3. The van der Waals surface area contributed by atoms with Gasteiger partial charge in [-0.15, -0.1) is 0 Å². The third kappa shape index (κ3) is 5.23. The summed E-state index contributed by atoms with van der Waals surface area (Å²) in [5, 5.41) is 4.94. The summed E-state index contributed by atoms with van der Waals surface area (Å²) in [5.74, 6) is -0.518. The van der Waals surface area contributed by atoms with Crippen molar-refractivity contribution in [2.75, 3.05) is 11.9 Å². The number of carbonyl (C=O) groups is 2. The van der Waals surface area contributed by atoms with Crippen LogP contribution >= 0.6 is 0 Å². The molecule has 0 aliphatic heterocycles. The lowest BCUT2D eigenvalue weighted by atomic mass is 10.1. The predicted molar refractivity (Wildman–Crippen MR) is 89.8 cm³/mol. The van der Waals surface area contributed by atoms with Crippen molar-refractivity contribution >= 4 is 17.6 Å². The lowest BCUT2D eigenvalue weighted by molar-refractivity contribution is -0.137. The van der Waals surface area contributed by atoms with Gasteiger partial charge >= 0.3 is 12.3 Å². The van der Waals surface area contributed by atoms with E-state index in [9.17, 15) is 22.8 Å². The highest BCUT2D eigenvalue weighted by molar-refractivity contribution is 6.02. The maximum Gasteiger partial charge on any atom is 0.416 e. The summed E-state index contributed by atoms with van der Waals surface area (Å²) in [6, 6.07) is 12.4. The first kappa shape index (κ1) is 19.3. The number of alkyl carbamates (subject to hydrolysis) is 1. The zero-order valence-corrected chi connectivity index (χ0v) is 13.8. The van der Waals surface area contributed by atoms with Crippen LogP contribution in [0, 0.1) is 0 Å². The van der Waals surface area contributed by atoms with Gasteiger partial charge in [0.2, 0.25) is 5.78 Å². The van der Waals surface area contributed by atoms with E-state index in [0.717, 1.165) is 12.1 Å². The molecule has 2 rings (SSSR count). The fourth-order valence-electron chi connectivity index (χ4n) is 2.18. The second kappa shape index (κ2) is 8.37. The number of Topliss-reactive ketones (excluding diaryl/α,β-unsaturated/α-hetero) is 1. The number of hydrogen-bond donors (Lipinski definition) is 2. The highest BCUT2D eigenvalue weighted by Crippen LogP contribution is 2.30. The molecular formula is C18H17F3N2O3. The molecule has 0 aromatic heterocycles. The van der Waals surface area contributed by atoms with Crippen LogP contribution in [0.15, 0.2) is 54.6 Å². The van der Waals surface area contributed by atoms with Crippen LogP contribution in [0.5, 0.6) is 0 Å². The highest BCUT2D eigenvalue weighted by atomic mass is 19.4. The van der Waals surface area contributed by atoms with Gasteiger partial charge in [-0.1, -0.05) is 36.4 Å². The Labute approximate surface area is 148 Å². The van der Waals surface area contributed by atoms with Gasteiger partial charge < -0.3 is 10.1 Å². The van der Waals surface area contributed by atoms with Crippen molar-refractivity contribution in [2.24, 2.45) is 0 Å². The number of benzene rings is 2. The molecule has 0 bridgehead atoms. The lowest BCUT2D eigenvalue weighted by Gasteiger charge is -2.20. The Kier molecular flexibility index (Phi) is 6.21. The highest BCUT2D eigenvalue weighted by Gasteiger charge is 2.31. The van der Waals surface area contributed by atoms with Gasteiger partial charge in [0, 0.05) is 11.3 Å². The zero-order chi connectivity index (χ0) is 19.2. The van der Waals surface area contributed by atoms with E-state index in [1.165, 1.54) is 24.3 Å². The molecule has 1 amide bonds. The Morgan fingerprint density at radius 2 is 1.77 bits per heavy atom. The van der Waals surface area contributed by atoms with Crippen LogP contribution in [0.2, 0.25) is 0 Å². The Bertz CT molecular complexity index is 764. The van der Waals surface area contributed by atoms with Crippen molar-refractivity contribution < 1.29 is 27.5 Å². The maximum atomic E-state index is 12.9. The van der Waals surface area contributed by atoms with Gasteiger partial charge in [-0.05, 0) is 25.1 Å². The third-order valence-corrected chi connectivity index (χ3v) is 3.36. The summed E-state index contributed by atoms with van der Waals surface area (Å²) >= 11 is 0. The van der Waals surface area contributed by atoms with Crippen molar-refractivity contribution in [1.29, 1.82) is 0 Å². The topological polar surface area (TPSA) is 67.4 Å². The number of rotatable bonds is 6. The fraction of sp³-hybridized carbons (Fsp3) is 0.222. The second-order valence-corrected chi connectivity index (χ2v) is 5.25. The van der Waals surface area contributed by atoms with Crippen LogP contribution in [0.25, 0.3) is 0 Å². The van der Waals surface area contributed by atoms with Gasteiger partial charge in [-0.3, -0.25) is 10.1 Å². The van der Waals surface area contributed by atoms with Crippen LogP contribution in [-0.2, 0) is 10.9 Å². The van der Waals surface area contributed by atoms with Gasteiger partial charge in [0.15, 0.2) is 6.17 Å². The van der Waals surface area contributed by atoms with Crippen LogP contribution in [0.4, 0.5) is 23.7 Å². The Morgan fingerprint density at radius 1 is 1.08 bits per heavy atom. The summed E-state index contributed by atoms with van der Waals surface area (Å²) in [6.07, 6.45) is -6.67. The molecule has 138 valence electrons. The largest absolute Gasteiger partial charge is 0.450 e. The van der Waals surface area contributed by atoms with E-state index in [0.29, 0.717) is 0 Å². The smallest absolute Gasteiger partial charge is 0.416 e. The standard InChI is InChI=1S/C18H17F3N2O3/c1-2-26-17(25)23-16(15(24)12-7-4-3-5-8-12)22-14-10-6-9-13(11-14)18(19,20)21/h3-11,16,22H,2H2,1H3,(H,23,25)/t16-/m1/s1. The van der Waals surface area contributed by atoms with Crippen LogP contribution in [-0.4, -0.2) is 24.6 Å². The summed E-state index contributed by atoms with van der Waals surface area (Å²) < 4.78 is 43.3. The van der Waals surface area contributed by atoms with Gasteiger partial charge in [0.05, 0.1) is 12.2 Å². The molecule has 0 saturated carbocycles. The van der Waals surface area contributed by atoms with E-state index in [2.05, 4.69) is 10.6 Å². The van der Waals surface area contributed by atoms with Crippen LogP contribution < -0.4 is 10.6 Å². The van der Waals surface area contributed by atoms with E-state index < -0.39 is 29.8 Å². The molecule has 0 aliphatic rings. The van der Waals surface area contributed by atoms with Gasteiger partial charge in [-0.25, -0.2) is 4.79 Å². The van der Waals surface area contributed by atoms with E-state index in [1.807, 2.05) is 0 Å². The maximum absolute atomic E-state index is 12.9. The first-order valence-electron chi connectivity index (χ1n) is 7.77. The number of nitrogens with one attached hydrogen (secondary N) is 2. The minimum atomic E-state index is -4.52. The monoisotopic (exact) mass is 366 g/mol. The summed E-state index contributed by atoms with van der Waals surface area (Å²) in [6.45, 7) is 1.68. The average molecular weight is 366 g/mol. The number of amides is 1. The van der Waals surface area contributed by atoms with E-state index in [1.54, 1.807) is 25.1 Å². The van der Waals surface area contributed by atoms with E-state index in [-0.39, 0.29) is 17.9 Å². The number of hydrogen-bond acceptors (Lipinski definition) is 4. The number of halogens is 3. The van der Waals surface area contributed by atoms with Crippen molar-refractivity contribution in [3.8, 4) is 0 Å². The molecule has 2 aromatic rings. The van der Waals surface area contributed by atoms with Crippen molar-refractivity contribution in [2.45, 2.75) is 19.3 Å². The normalized spacial score (nSPS) is 12.2. The zero-order valence-electron chi connectivity index (χ0n) is 13.8. The number of carbonyl (C=O) groups excluding carboxylic acids is 2. The molecule has 26 heavy (non-hydrogen) atoms. The van der Waals surface area contributed by atoms with Crippen molar-refractivity contribution in [3.63, 3.8) is 0 Å². The van der Waals surface area contributed by atoms with Gasteiger partial charge in [0.1, 0.15) is 0 Å². The average Bonchev–Trinajstić information content (AvgIpc) is 2.61. The molecule has 0 spiro atoms. The molecule has 8 heteroatoms. The second-order valence-electron chi connectivity index (χ2n) is 5.25. The van der Waals surface area contributed by atoms with Crippen LogP contribution in [0.1, 0.15) is 22.8 Å². The Morgan fingerprint density at radius 3 is 2.38 bits per heavy atom. The Balaban J connectivity index is 2.26. The lowest BCUT2D eigenvalue weighted by Crippen LogP contribution is -2.46. The minimum Gasteiger partial charge on any atom is -0.450 e. The molecule has 2 aromatic carbocycles. The minimum absolute atomic E-state index is 0.0332. The van der Waals surface area contributed by atoms with Gasteiger partial charge in [0.25, 0.3) is 0 Å². The molecule has 5 nitrogen and oxygen atoms in total. The number of ketones is 1.